The van der Waals surface area contributed by atoms with Gasteiger partial charge in [-0.1, -0.05) is 54.1 Å². The van der Waals surface area contributed by atoms with Crippen LogP contribution in [0, 0.1) is 19.7 Å². The molecule has 1 N–H and O–H groups in total. The van der Waals surface area contributed by atoms with Gasteiger partial charge in [-0.05, 0) is 75.0 Å². The lowest BCUT2D eigenvalue weighted by molar-refractivity contribution is -0.144. The number of sulfonamides is 1. The molecule has 3 aromatic carbocycles. The van der Waals surface area contributed by atoms with Crippen molar-refractivity contribution in [3.05, 3.63) is 95.3 Å². The Balaban J connectivity index is 1.34. The van der Waals surface area contributed by atoms with E-state index in [0.717, 1.165) is 17.5 Å². The van der Waals surface area contributed by atoms with Crippen LogP contribution >= 0.6 is 0 Å². The highest BCUT2D eigenvalue weighted by Crippen LogP contribution is 2.35. The summed E-state index contributed by atoms with van der Waals surface area (Å²) in [5, 5.41) is 2.77. The van der Waals surface area contributed by atoms with Crippen LogP contribution in [0.15, 0.2) is 77.7 Å². The second-order valence-electron chi connectivity index (χ2n) is 11.0. The van der Waals surface area contributed by atoms with Crippen LogP contribution in [-0.4, -0.2) is 68.0 Å². The number of piperidine rings is 1. The van der Waals surface area contributed by atoms with E-state index in [1.807, 2.05) is 54.3 Å². The van der Waals surface area contributed by atoms with E-state index in [1.54, 1.807) is 35.5 Å². The number of hydrogen-bond acceptors (Lipinski definition) is 5. The lowest BCUT2D eigenvalue weighted by atomic mass is 9.90. The average molecular weight is 566 g/mol. The summed E-state index contributed by atoms with van der Waals surface area (Å²) in [5.41, 5.74) is 2.24. The predicted molar refractivity (Wildman–Crippen MR) is 153 cm³/mol. The minimum atomic E-state index is -3.79. The van der Waals surface area contributed by atoms with Crippen molar-refractivity contribution in [2.24, 2.45) is 0 Å². The highest BCUT2D eigenvalue weighted by Gasteiger charge is 2.47. The molecule has 2 atom stereocenters. The van der Waals surface area contributed by atoms with Gasteiger partial charge in [-0.15, -0.1) is 0 Å². The van der Waals surface area contributed by atoms with Gasteiger partial charge in [-0.25, -0.2) is 12.8 Å². The summed E-state index contributed by atoms with van der Waals surface area (Å²) >= 11 is 0. The summed E-state index contributed by atoms with van der Waals surface area (Å²) in [6.45, 7) is 5.31. The van der Waals surface area contributed by atoms with Gasteiger partial charge in [-0.3, -0.25) is 9.69 Å². The number of morpholine rings is 1. The highest BCUT2D eigenvalue weighted by atomic mass is 32.2. The standard InChI is InChI=1S/C31H36FN3O4S/c1-23-9-13-28(14-10-23)40(37,38)35-22-31(39-20-27(35)17-25-7-4-3-5-8-25)15-6-16-34(21-31)19-30(36)33-26-12-11-24(2)29(32)18-26/h3-5,7-14,18,27H,6,15-17,19-22H2,1-2H3,(H,33,36)/t27-,31?/m0/s1. The fourth-order valence-corrected chi connectivity index (χ4v) is 7.32. The first kappa shape index (κ1) is 28.4. The van der Waals surface area contributed by atoms with Crippen molar-refractivity contribution in [1.29, 1.82) is 0 Å². The Morgan fingerprint density at radius 3 is 2.52 bits per heavy atom. The van der Waals surface area contributed by atoms with Crippen molar-refractivity contribution in [2.75, 3.05) is 38.1 Å². The molecule has 1 spiro atoms. The molecule has 0 bridgehead atoms. The van der Waals surface area contributed by atoms with Gasteiger partial charge in [0, 0.05) is 18.8 Å². The van der Waals surface area contributed by atoms with Gasteiger partial charge in [0.1, 0.15) is 5.82 Å². The van der Waals surface area contributed by atoms with Crippen molar-refractivity contribution in [1.82, 2.24) is 9.21 Å². The van der Waals surface area contributed by atoms with Gasteiger partial charge < -0.3 is 10.1 Å². The number of anilines is 1. The zero-order chi connectivity index (χ0) is 28.3. The molecular weight excluding hydrogens is 529 g/mol. The number of carbonyl (C=O) groups excluding carboxylic acids is 1. The molecule has 1 unspecified atom stereocenters. The average Bonchev–Trinajstić information content (AvgIpc) is 2.93. The minimum Gasteiger partial charge on any atom is -0.371 e. The minimum absolute atomic E-state index is 0.110. The molecule has 0 saturated carbocycles. The summed E-state index contributed by atoms with van der Waals surface area (Å²) in [4.78, 5) is 15.1. The second-order valence-corrected chi connectivity index (χ2v) is 12.9. The second kappa shape index (κ2) is 11.8. The molecule has 5 rings (SSSR count). The Kier molecular flexibility index (Phi) is 8.37. The predicted octanol–water partition coefficient (Wildman–Crippen LogP) is 4.55. The molecular formula is C31H36FN3O4S. The van der Waals surface area contributed by atoms with E-state index < -0.39 is 15.6 Å². The number of hydrogen-bond donors (Lipinski definition) is 1. The van der Waals surface area contributed by atoms with Gasteiger partial charge in [0.25, 0.3) is 0 Å². The number of carbonyl (C=O) groups is 1. The largest absolute Gasteiger partial charge is 0.371 e. The highest BCUT2D eigenvalue weighted by molar-refractivity contribution is 7.89. The SMILES string of the molecule is Cc1ccc(S(=O)(=O)N2CC3(CCCN(CC(=O)Nc4ccc(C)c(F)c4)C3)OC[C@@H]2Cc2ccccc2)cc1. The Bertz CT molecular complexity index is 1450. The van der Waals surface area contributed by atoms with Gasteiger partial charge in [0.15, 0.2) is 0 Å². The molecule has 0 radical (unpaired) electrons. The number of nitrogens with one attached hydrogen (secondary N) is 1. The monoisotopic (exact) mass is 565 g/mol. The number of halogens is 1. The summed E-state index contributed by atoms with van der Waals surface area (Å²) in [6, 6.07) is 21.1. The molecule has 40 heavy (non-hydrogen) atoms. The molecule has 1 amide bonds. The molecule has 3 aromatic rings. The first-order valence-electron chi connectivity index (χ1n) is 13.7. The maximum Gasteiger partial charge on any atom is 0.243 e. The number of likely N-dealkylation sites (tertiary alicyclic amines) is 1. The Morgan fingerprint density at radius 2 is 1.80 bits per heavy atom. The van der Waals surface area contributed by atoms with Crippen LogP contribution in [-0.2, 0) is 26.0 Å². The molecule has 2 fully saturated rings. The molecule has 2 heterocycles. The van der Waals surface area contributed by atoms with Crippen LogP contribution in [0.3, 0.4) is 0 Å². The zero-order valence-corrected chi connectivity index (χ0v) is 23.8. The zero-order valence-electron chi connectivity index (χ0n) is 23.0. The van der Waals surface area contributed by atoms with E-state index in [0.29, 0.717) is 37.2 Å². The van der Waals surface area contributed by atoms with Gasteiger partial charge in [0.05, 0.1) is 29.7 Å². The third-order valence-electron chi connectivity index (χ3n) is 7.82. The molecule has 2 aliphatic rings. The van der Waals surface area contributed by atoms with Crippen molar-refractivity contribution in [2.45, 2.75) is 49.6 Å². The van der Waals surface area contributed by atoms with Crippen LogP contribution < -0.4 is 5.32 Å². The number of aryl methyl sites for hydroxylation is 2. The fraction of sp³-hybridized carbons (Fsp3) is 0.387. The quantitative estimate of drug-likeness (QED) is 0.455. The van der Waals surface area contributed by atoms with Crippen LogP contribution in [0.1, 0.15) is 29.5 Å². The van der Waals surface area contributed by atoms with Gasteiger partial charge in [0.2, 0.25) is 15.9 Å². The van der Waals surface area contributed by atoms with Crippen LogP contribution in [0.4, 0.5) is 10.1 Å². The summed E-state index contributed by atoms with van der Waals surface area (Å²) in [5.74, 6) is -0.618. The van der Waals surface area contributed by atoms with Crippen molar-refractivity contribution < 1.29 is 22.3 Å². The van der Waals surface area contributed by atoms with E-state index in [9.17, 15) is 17.6 Å². The molecule has 0 aliphatic carbocycles. The molecule has 0 aromatic heterocycles. The molecule has 2 saturated heterocycles. The van der Waals surface area contributed by atoms with Gasteiger partial charge in [-0.2, -0.15) is 4.31 Å². The van der Waals surface area contributed by atoms with Crippen LogP contribution in [0.2, 0.25) is 0 Å². The first-order valence-corrected chi connectivity index (χ1v) is 15.1. The van der Waals surface area contributed by atoms with Crippen LogP contribution in [0.5, 0.6) is 0 Å². The summed E-state index contributed by atoms with van der Waals surface area (Å²) in [7, 11) is -3.79. The molecule has 212 valence electrons. The fourth-order valence-electron chi connectivity index (χ4n) is 5.64. The topological polar surface area (TPSA) is 79.0 Å². The molecule has 9 heteroatoms. The number of amides is 1. The Labute approximate surface area is 236 Å². The van der Waals surface area contributed by atoms with Crippen molar-refractivity contribution in [3.63, 3.8) is 0 Å². The number of benzene rings is 3. The third-order valence-corrected chi connectivity index (χ3v) is 9.73. The first-order chi connectivity index (χ1) is 19.1. The third kappa shape index (κ3) is 6.44. The number of ether oxygens (including phenoxy) is 1. The maximum absolute atomic E-state index is 14.0. The number of rotatable bonds is 7. The van der Waals surface area contributed by atoms with Crippen LogP contribution in [0.25, 0.3) is 0 Å². The molecule has 7 nitrogen and oxygen atoms in total. The van der Waals surface area contributed by atoms with E-state index >= 15 is 0 Å². The lowest BCUT2D eigenvalue weighted by Crippen LogP contribution is -2.64. The Hall–Kier alpha value is -3.11. The molecule has 2 aliphatic heterocycles. The van der Waals surface area contributed by atoms with Crippen molar-refractivity contribution >= 4 is 21.6 Å². The summed E-state index contributed by atoms with van der Waals surface area (Å²) < 4.78 is 50.1. The number of nitrogens with zero attached hydrogens (tertiary/aromatic N) is 2. The summed E-state index contributed by atoms with van der Waals surface area (Å²) in [6.07, 6.45) is 2.02. The maximum atomic E-state index is 14.0. The van der Waals surface area contributed by atoms with E-state index in [2.05, 4.69) is 5.32 Å². The van der Waals surface area contributed by atoms with E-state index in [-0.39, 0.29) is 42.4 Å². The Morgan fingerprint density at radius 1 is 1.05 bits per heavy atom. The van der Waals surface area contributed by atoms with E-state index in [4.69, 9.17) is 4.74 Å². The smallest absolute Gasteiger partial charge is 0.243 e. The van der Waals surface area contributed by atoms with E-state index in [1.165, 1.54) is 6.07 Å². The van der Waals surface area contributed by atoms with Crippen molar-refractivity contribution in [3.8, 4) is 0 Å². The lowest BCUT2D eigenvalue weighted by Gasteiger charge is -2.50. The van der Waals surface area contributed by atoms with Gasteiger partial charge >= 0.3 is 0 Å². The normalized spacial score (nSPS) is 22.3.